The maximum Gasteiger partial charge on any atom is 0.266 e. The number of hydrogen-bond acceptors (Lipinski definition) is 5. The first-order valence-corrected chi connectivity index (χ1v) is 9.25. The van der Waals surface area contributed by atoms with Crippen molar-refractivity contribution in [2.24, 2.45) is 0 Å². The van der Waals surface area contributed by atoms with E-state index in [4.69, 9.17) is 4.98 Å². The molecule has 0 saturated heterocycles. The predicted octanol–water partition coefficient (Wildman–Crippen LogP) is 3.08. The summed E-state index contributed by atoms with van der Waals surface area (Å²) < 4.78 is 3.45. The van der Waals surface area contributed by atoms with Crippen molar-refractivity contribution < 1.29 is 0 Å². The van der Waals surface area contributed by atoms with Crippen LogP contribution in [0.5, 0.6) is 0 Å². The molecule has 4 aromatic rings. The quantitative estimate of drug-likeness (QED) is 0.403. The van der Waals surface area contributed by atoms with Crippen LogP contribution in [0, 0.1) is 6.92 Å². The Morgan fingerprint density at radius 2 is 1.88 bits per heavy atom. The zero-order valence-corrected chi connectivity index (χ0v) is 15.1. The van der Waals surface area contributed by atoms with Gasteiger partial charge >= 0.3 is 0 Å². The van der Waals surface area contributed by atoms with Gasteiger partial charge in [0, 0.05) is 5.75 Å². The number of aryl methyl sites for hydroxylation is 2. The van der Waals surface area contributed by atoms with E-state index in [1.54, 1.807) is 15.6 Å². The highest BCUT2D eigenvalue weighted by molar-refractivity contribution is 7.99. The number of fused-ring (bicyclic) bond motifs is 1. The third-order valence-corrected chi connectivity index (χ3v) is 4.97. The summed E-state index contributed by atoms with van der Waals surface area (Å²) in [5.74, 6) is 0.736. The van der Waals surface area contributed by atoms with Crippen LogP contribution in [0.15, 0.2) is 71.1 Å². The Morgan fingerprint density at radius 1 is 1.08 bits per heavy atom. The van der Waals surface area contributed by atoms with Gasteiger partial charge in [0.15, 0.2) is 5.16 Å². The maximum atomic E-state index is 13.1. The molecule has 6 nitrogen and oxygen atoms in total. The van der Waals surface area contributed by atoms with E-state index in [1.807, 2.05) is 55.5 Å². The Balaban J connectivity index is 1.77. The number of rotatable bonds is 5. The fourth-order valence-corrected chi connectivity index (χ4v) is 3.65. The SMILES string of the molecule is Cc1ccc(-n2c(SCCn3cncn3)nc3ccccc3c2=O)cc1. The van der Waals surface area contributed by atoms with Gasteiger partial charge in [-0.1, -0.05) is 41.6 Å². The molecule has 2 heterocycles. The molecule has 26 heavy (non-hydrogen) atoms. The molecular weight excluding hydrogens is 346 g/mol. The topological polar surface area (TPSA) is 65.6 Å². The van der Waals surface area contributed by atoms with Crippen LogP contribution in [0.2, 0.25) is 0 Å². The lowest BCUT2D eigenvalue weighted by molar-refractivity contribution is 0.663. The largest absolute Gasteiger partial charge is 0.268 e. The highest BCUT2D eigenvalue weighted by Crippen LogP contribution is 2.21. The Kier molecular flexibility index (Phi) is 4.53. The Hall–Kier alpha value is -2.93. The van der Waals surface area contributed by atoms with E-state index in [0.717, 1.165) is 17.0 Å². The molecule has 7 heteroatoms. The van der Waals surface area contributed by atoms with E-state index < -0.39 is 0 Å². The zero-order valence-electron chi connectivity index (χ0n) is 14.2. The third-order valence-electron chi connectivity index (χ3n) is 4.06. The normalized spacial score (nSPS) is 11.1. The van der Waals surface area contributed by atoms with Crippen LogP contribution in [0.3, 0.4) is 0 Å². The second-order valence-electron chi connectivity index (χ2n) is 5.89. The Labute approximate surface area is 154 Å². The van der Waals surface area contributed by atoms with Gasteiger partial charge in [-0.3, -0.25) is 14.0 Å². The second kappa shape index (κ2) is 7.13. The lowest BCUT2D eigenvalue weighted by Crippen LogP contribution is -2.22. The minimum absolute atomic E-state index is 0.0530. The molecule has 0 fully saturated rings. The molecule has 0 spiro atoms. The number of benzene rings is 2. The summed E-state index contributed by atoms with van der Waals surface area (Å²) in [4.78, 5) is 21.8. The molecule has 0 bridgehead atoms. The molecule has 2 aromatic heterocycles. The smallest absolute Gasteiger partial charge is 0.266 e. The summed E-state index contributed by atoms with van der Waals surface area (Å²) in [6.07, 6.45) is 3.20. The summed E-state index contributed by atoms with van der Waals surface area (Å²) in [6.45, 7) is 2.72. The van der Waals surface area contributed by atoms with Crippen LogP contribution in [-0.4, -0.2) is 30.1 Å². The summed E-state index contributed by atoms with van der Waals surface area (Å²) in [7, 11) is 0. The van der Waals surface area contributed by atoms with E-state index in [0.29, 0.717) is 22.6 Å². The number of hydrogen-bond donors (Lipinski definition) is 0. The molecule has 2 aromatic carbocycles. The van der Waals surface area contributed by atoms with E-state index in [-0.39, 0.29) is 5.56 Å². The summed E-state index contributed by atoms with van der Waals surface area (Å²) >= 11 is 1.54. The monoisotopic (exact) mass is 363 g/mol. The maximum absolute atomic E-state index is 13.1. The Bertz CT molecular complexity index is 1090. The van der Waals surface area contributed by atoms with Crippen LogP contribution in [0.4, 0.5) is 0 Å². The molecule has 0 unspecified atom stereocenters. The molecule has 0 radical (unpaired) electrons. The van der Waals surface area contributed by atoms with Gasteiger partial charge in [0.25, 0.3) is 5.56 Å². The van der Waals surface area contributed by atoms with Crippen molar-refractivity contribution >= 4 is 22.7 Å². The number of para-hydroxylation sites is 1. The molecule has 4 rings (SSSR count). The van der Waals surface area contributed by atoms with Crippen LogP contribution < -0.4 is 5.56 Å². The van der Waals surface area contributed by atoms with Crippen molar-refractivity contribution in [3.8, 4) is 5.69 Å². The molecule has 0 aliphatic heterocycles. The van der Waals surface area contributed by atoms with Crippen LogP contribution >= 0.6 is 11.8 Å². The predicted molar refractivity (Wildman–Crippen MR) is 103 cm³/mol. The average Bonchev–Trinajstić information content (AvgIpc) is 3.17. The van der Waals surface area contributed by atoms with Crippen molar-refractivity contribution in [2.45, 2.75) is 18.6 Å². The first-order chi connectivity index (χ1) is 12.7. The van der Waals surface area contributed by atoms with Gasteiger partial charge < -0.3 is 0 Å². The van der Waals surface area contributed by atoms with E-state index in [9.17, 15) is 4.79 Å². The van der Waals surface area contributed by atoms with Gasteiger partial charge in [-0.25, -0.2) is 9.97 Å². The van der Waals surface area contributed by atoms with Crippen molar-refractivity contribution in [2.75, 3.05) is 5.75 Å². The molecular formula is C19H17N5OS. The lowest BCUT2D eigenvalue weighted by Gasteiger charge is -2.13. The van der Waals surface area contributed by atoms with Gasteiger partial charge in [-0.15, -0.1) is 0 Å². The summed E-state index contributed by atoms with van der Waals surface area (Å²) in [6, 6.07) is 15.4. The average molecular weight is 363 g/mol. The second-order valence-corrected chi connectivity index (χ2v) is 6.96. The van der Waals surface area contributed by atoms with Gasteiger partial charge in [0.1, 0.15) is 12.7 Å². The number of thioether (sulfide) groups is 1. The van der Waals surface area contributed by atoms with Crippen molar-refractivity contribution in [1.82, 2.24) is 24.3 Å². The fraction of sp³-hybridized carbons (Fsp3) is 0.158. The molecule has 0 amide bonds. The van der Waals surface area contributed by atoms with E-state index >= 15 is 0 Å². The van der Waals surface area contributed by atoms with E-state index in [1.165, 1.54) is 18.1 Å². The number of aromatic nitrogens is 5. The summed E-state index contributed by atoms with van der Waals surface area (Å²) in [5.41, 5.74) is 2.63. The molecule has 0 aliphatic carbocycles. The molecule has 0 atom stereocenters. The van der Waals surface area contributed by atoms with Crippen LogP contribution in [-0.2, 0) is 6.54 Å². The molecule has 0 saturated carbocycles. The third kappa shape index (κ3) is 3.25. The van der Waals surface area contributed by atoms with Crippen LogP contribution in [0.1, 0.15) is 5.56 Å². The van der Waals surface area contributed by atoms with Gasteiger partial charge in [0.2, 0.25) is 0 Å². The summed E-state index contributed by atoms with van der Waals surface area (Å²) in [5, 5.41) is 5.41. The number of nitrogens with zero attached hydrogens (tertiary/aromatic N) is 5. The first-order valence-electron chi connectivity index (χ1n) is 8.26. The van der Waals surface area contributed by atoms with Crippen molar-refractivity contribution in [3.05, 3.63) is 77.1 Å². The van der Waals surface area contributed by atoms with E-state index in [2.05, 4.69) is 10.1 Å². The lowest BCUT2D eigenvalue weighted by atomic mass is 10.2. The van der Waals surface area contributed by atoms with Crippen LogP contribution in [0.25, 0.3) is 16.6 Å². The minimum Gasteiger partial charge on any atom is -0.268 e. The fourth-order valence-electron chi connectivity index (χ4n) is 2.71. The standard InChI is InChI=1S/C19H17N5OS/c1-14-6-8-15(9-7-14)24-18(25)16-4-2-3-5-17(16)22-19(24)26-11-10-23-13-20-12-21-23/h2-9,12-13H,10-11H2,1H3. The first kappa shape index (κ1) is 16.5. The van der Waals surface area contributed by atoms with Crippen molar-refractivity contribution in [1.29, 1.82) is 0 Å². The zero-order chi connectivity index (χ0) is 17.9. The van der Waals surface area contributed by atoms with Gasteiger partial charge in [-0.2, -0.15) is 5.10 Å². The molecule has 0 N–H and O–H groups in total. The highest BCUT2D eigenvalue weighted by Gasteiger charge is 2.13. The highest BCUT2D eigenvalue weighted by atomic mass is 32.2. The van der Waals surface area contributed by atoms with Gasteiger partial charge in [-0.05, 0) is 31.2 Å². The Morgan fingerprint density at radius 3 is 2.65 bits per heavy atom. The van der Waals surface area contributed by atoms with Gasteiger partial charge in [0.05, 0.1) is 23.1 Å². The minimum atomic E-state index is -0.0530. The molecule has 130 valence electrons. The molecule has 0 aliphatic rings. The van der Waals surface area contributed by atoms with Crippen molar-refractivity contribution in [3.63, 3.8) is 0 Å².